The fourth-order valence-electron chi connectivity index (χ4n) is 3.95. The third-order valence-corrected chi connectivity index (χ3v) is 5.53. The molecule has 172 valence electrons. The summed E-state index contributed by atoms with van der Waals surface area (Å²) in [5, 5.41) is 7.42. The highest BCUT2D eigenvalue weighted by atomic mass is 19.2. The number of benzene rings is 1. The molecule has 7 nitrogen and oxygen atoms in total. The maximum absolute atomic E-state index is 14.2. The Hall–Kier alpha value is -3.62. The first-order valence-corrected chi connectivity index (χ1v) is 10.8. The highest BCUT2D eigenvalue weighted by Crippen LogP contribution is 2.26. The van der Waals surface area contributed by atoms with Crippen molar-refractivity contribution in [1.82, 2.24) is 25.0 Å². The van der Waals surface area contributed by atoms with Gasteiger partial charge in [-0.3, -0.25) is 19.3 Å². The highest BCUT2D eigenvalue weighted by molar-refractivity contribution is 5.96. The van der Waals surface area contributed by atoms with E-state index in [4.69, 9.17) is 0 Å². The highest BCUT2D eigenvalue weighted by Gasteiger charge is 2.31. The van der Waals surface area contributed by atoms with Crippen molar-refractivity contribution in [2.45, 2.75) is 39.9 Å². The van der Waals surface area contributed by atoms with Gasteiger partial charge in [0.25, 0.3) is 11.8 Å². The predicted octanol–water partition coefficient (Wildman–Crippen LogP) is 3.34. The fourth-order valence-corrected chi connectivity index (χ4v) is 3.95. The SMILES string of the molecule is CC(C)Cn1nc(C(=O)NCc2cccnc2)c2c1CCN(C(=O)c1cccc(F)c1F)C2. The topological polar surface area (TPSA) is 80.1 Å². The van der Waals surface area contributed by atoms with Gasteiger partial charge in [-0.2, -0.15) is 5.10 Å². The quantitative estimate of drug-likeness (QED) is 0.621. The summed E-state index contributed by atoms with van der Waals surface area (Å²) in [5.41, 5.74) is 2.29. The molecule has 1 N–H and O–H groups in total. The minimum atomic E-state index is -1.17. The molecule has 0 saturated carbocycles. The molecule has 0 bridgehead atoms. The van der Waals surface area contributed by atoms with Crippen molar-refractivity contribution in [2.75, 3.05) is 6.54 Å². The molecule has 9 heteroatoms. The van der Waals surface area contributed by atoms with Crippen LogP contribution in [-0.2, 0) is 26.1 Å². The average Bonchev–Trinajstić information content (AvgIpc) is 3.16. The number of rotatable bonds is 6. The maximum Gasteiger partial charge on any atom is 0.272 e. The summed E-state index contributed by atoms with van der Waals surface area (Å²) < 4.78 is 29.7. The van der Waals surface area contributed by atoms with Crippen molar-refractivity contribution in [3.8, 4) is 0 Å². The molecule has 4 rings (SSSR count). The summed E-state index contributed by atoms with van der Waals surface area (Å²) in [6.07, 6.45) is 3.79. The van der Waals surface area contributed by atoms with E-state index in [1.165, 1.54) is 17.0 Å². The number of hydrogen-bond donors (Lipinski definition) is 1. The van der Waals surface area contributed by atoms with Crippen LogP contribution in [0.2, 0.25) is 0 Å². The van der Waals surface area contributed by atoms with Crippen LogP contribution in [-0.4, -0.2) is 38.0 Å². The van der Waals surface area contributed by atoms with Crippen molar-refractivity contribution in [1.29, 1.82) is 0 Å². The zero-order chi connectivity index (χ0) is 23.5. The van der Waals surface area contributed by atoms with Gasteiger partial charge in [-0.25, -0.2) is 8.78 Å². The molecule has 0 radical (unpaired) electrons. The average molecular weight is 453 g/mol. The summed E-state index contributed by atoms with van der Waals surface area (Å²) in [7, 11) is 0. The summed E-state index contributed by atoms with van der Waals surface area (Å²) in [4.78, 5) is 31.4. The Morgan fingerprint density at radius 2 is 2.00 bits per heavy atom. The van der Waals surface area contributed by atoms with E-state index in [0.717, 1.165) is 17.3 Å². The second-order valence-corrected chi connectivity index (χ2v) is 8.47. The monoisotopic (exact) mass is 453 g/mol. The number of carbonyl (C=O) groups is 2. The maximum atomic E-state index is 14.2. The third kappa shape index (κ3) is 4.76. The normalized spacial score (nSPS) is 13.2. The summed E-state index contributed by atoms with van der Waals surface area (Å²) in [6, 6.07) is 7.18. The molecular weight excluding hydrogens is 428 g/mol. The van der Waals surface area contributed by atoms with Crippen molar-refractivity contribution >= 4 is 11.8 Å². The smallest absolute Gasteiger partial charge is 0.272 e. The molecule has 33 heavy (non-hydrogen) atoms. The van der Waals surface area contributed by atoms with E-state index in [9.17, 15) is 18.4 Å². The molecule has 0 aliphatic carbocycles. The first kappa shape index (κ1) is 22.6. The molecule has 2 aromatic heterocycles. The zero-order valence-corrected chi connectivity index (χ0v) is 18.5. The summed E-state index contributed by atoms with van der Waals surface area (Å²) in [6.45, 7) is 5.45. The number of carbonyl (C=O) groups excluding carboxylic acids is 2. The number of nitrogens with zero attached hydrogens (tertiary/aromatic N) is 4. The molecule has 1 aliphatic heterocycles. The molecule has 0 atom stereocenters. The Morgan fingerprint density at radius 1 is 1.18 bits per heavy atom. The van der Waals surface area contributed by atoms with E-state index in [1.807, 2.05) is 10.7 Å². The van der Waals surface area contributed by atoms with Gasteiger partial charge in [0, 0.05) is 49.7 Å². The minimum Gasteiger partial charge on any atom is -0.346 e. The van der Waals surface area contributed by atoms with Crippen molar-refractivity contribution in [2.24, 2.45) is 5.92 Å². The first-order valence-electron chi connectivity index (χ1n) is 10.8. The lowest BCUT2D eigenvalue weighted by atomic mass is 10.0. The third-order valence-electron chi connectivity index (χ3n) is 5.53. The Balaban J connectivity index is 1.60. The number of pyridine rings is 1. The van der Waals surface area contributed by atoms with Gasteiger partial charge in [0.05, 0.1) is 12.1 Å². The number of halogens is 2. The van der Waals surface area contributed by atoms with Gasteiger partial charge in [-0.15, -0.1) is 0 Å². The Labute approximate surface area is 190 Å². The standard InChI is InChI=1S/C24H25F2N5O2/c1-15(2)13-31-20-8-10-30(24(33)17-6-3-7-19(25)21(17)26)14-18(20)22(29-31)23(32)28-12-16-5-4-9-27-11-16/h3-7,9,11,15H,8,10,12-14H2,1-2H3,(H,28,32). The molecule has 3 heterocycles. The van der Waals surface area contributed by atoms with E-state index in [1.54, 1.807) is 18.5 Å². The minimum absolute atomic E-state index is 0.0951. The van der Waals surface area contributed by atoms with Crippen LogP contribution in [0.3, 0.4) is 0 Å². The molecule has 1 aliphatic rings. The fraction of sp³-hybridized carbons (Fsp3) is 0.333. The largest absolute Gasteiger partial charge is 0.346 e. The van der Waals surface area contributed by atoms with Crippen LogP contribution in [0.4, 0.5) is 8.78 Å². The van der Waals surface area contributed by atoms with Gasteiger partial charge in [0.15, 0.2) is 17.3 Å². The summed E-state index contributed by atoms with van der Waals surface area (Å²) in [5.74, 6) is -2.90. The zero-order valence-electron chi connectivity index (χ0n) is 18.5. The lowest BCUT2D eigenvalue weighted by molar-refractivity contribution is 0.0724. The van der Waals surface area contributed by atoms with E-state index in [2.05, 4.69) is 29.2 Å². The Bertz CT molecular complexity index is 1180. The van der Waals surface area contributed by atoms with Crippen molar-refractivity contribution < 1.29 is 18.4 Å². The molecule has 0 unspecified atom stereocenters. The van der Waals surface area contributed by atoms with Gasteiger partial charge >= 0.3 is 0 Å². The lowest BCUT2D eigenvalue weighted by Gasteiger charge is -2.28. The van der Waals surface area contributed by atoms with Gasteiger partial charge in [0.2, 0.25) is 0 Å². The van der Waals surface area contributed by atoms with Crippen LogP contribution in [0, 0.1) is 17.6 Å². The first-order chi connectivity index (χ1) is 15.8. The van der Waals surface area contributed by atoms with Crippen LogP contribution in [0.25, 0.3) is 0 Å². The van der Waals surface area contributed by atoms with Crippen molar-refractivity contribution in [3.63, 3.8) is 0 Å². The number of fused-ring (bicyclic) bond motifs is 1. The van der Waals surface area contributed by atoms with E-state index in [-0.39, 0.29) is 30.3 Å². The molecule has 2 amide bonds. The molecule has 3 aromatic rings. The molecule has 0 saturated heterocycles. The second kappa shape index (κ2) is 9.48. The number of hydrogen-bond acceptors (Lipinski definition) is 4. The van der Waals surface area contributed by atoms with Crippen LogP contribution in [0.5, 0.6) is 0 Å². The van der Waals surface area contributed by atoms with Crippen LogP contribution in [0.15, 0.2) is 42.7 Å². The molecule has 0 fully saturated rings. The summed E-state index contributed by atoms with van der Waals surface area (Å²) >= 11 is 0. The predicted molar refractivity (Wildman–Crippen MR) is 117 cm³/mol. The second-order valence-electron chi connectivity index (χ2n) is 8.47. The molecule has 1 aromatic carbocycles. The number of amides is 2. The van der Waals surface area contributed by atoms with Crippen LogP contribution < -0.4 is 5.32 Å². The van der Waals surface area contributed by atoms with Gasteiger partial charge in [-0.1, -0.05) is 26.0 Å². The number of aromatic nitrogens is 3. The number of nitrogens with one attached hydrogen (secondary N) is 1. The Morgan fingerprint density at radius 3 is 2.73 bits per heavy atom. The van der Waals surface area contributed by atoms with Crippen LogP contribution in [0.1, 0.15) is 51.5 Å². The van der Waals surface area contributed by atoms with E-state index < -0.39 is 17.5 Å². The van der Waals surface area contributed by atoms with Gasteiger partial charge in [0.1, 0.15) is 0 Å². The van der Waals surface area contributed by atoms with Gasteiger partial charge < -0.3 is 10.2 Å². The lowest BCUT2D eigenvalue weighted by Crippen LogP contribution is -2.37. The molecule has 0 spiro atoms. The van der Waals surface area contributed by atoms with Gasteiger partial charge in [-0.05, 0) is 29.7 Å². The Kier molecular flexibility index (Phi) is 6.48. The van der Waals surface area contributed by atoms with E-state index in [0.29, 0.717) is 31.0 Å². The van der Waals surface area contributed by atoms with Crippen LogP contribution >= 0.6 is 0 Å². The van der Waals surface area contributed by atoms with Crippen molar-refractivity contribution in [3.05, 3.63) is 82.4 Å². The molecular formula is C24H25F2N5O2. The van der Waals surface area contributed by atoms with E-state index >= 15 is 0 Å².